The zero-order chi connectivity index (χ0) is 12.7. The molecule has 1 rings (SSSR count). The zero-order valence-electron chi connectivity index (χ0n) is 11.6. The van der Waals surface area contributed by atoms with E-state index >= 15 is 0 Å². The minimum absolute atomic E-state index is 0.371. The van der Waals surface area contributed by atoms with Crippen LogP contribution in [0.4, 0.5) is 0 Å². The van der Waals surface area contributed by atoms with Crippen LogP contribution in [0.25, 0.3) is 0 Å². The van der Waals surface area contributed by atoms with Crippen LogP contribution in [0.5, 0.6) is 0 Å². The second kappa shape index (κ2) is 8.06. The van der Waals surface area contributed by atoms with Crippen molar-refractivity contribution in [3.63, 3.8) is 0 Å². The van der Waals surface area contributed by atoms with Crippen molar-refractivity contribution in [3.05, 3.63) is 0 Å². The highest BCUT2D eigenvalue weighted by Crippen LogP contribution is 2.30. The lowest BCUT2D eigenvalue weighted by Crippen LogP contribution is -2.44. The number of hydrogen-bond acceptors (Lipinski definition) is 3. The van der Waals surface area contributed by atoms with E-state index < -0.39 is 0 Å². The summed E-state index contributed by atoms with van der Waals surface area (Å²) in [4.78, 5) is 0. The molecule has 2 N–H and O–H groups in total. The van der Waals surface area contributed by atoms with E-state index in [1.165, 1.54) is 25.7 Å². The summed E-state index contributed by atoms with van der Waals surface area (Å²) in [5, 5.41) is 13.3. The van der Waals surface area contributed by atoms with Crippen LogP contribution in [0.2, 0.25) is 0 Å². The van der Waals surface area contributed by atoms with Crippen LogP contribution in [-0.4, -0.2) is 37.0 Å². The summed E-state index contributed by atoms with van der Waals surface area (Å²) in [7, 11) is 0. The highest BCUT2D eigenvalue weighted by atomic mass is 16.5. The van der Waals surface area contributed by atoms with E-state index in [9.17, 15) is 5.11 Å². The molecule has 0 aromatic rings. The molecule has 3 atom stereocenters. The largest absolute Gasteiger partial charge is 0.389 e. The lowest BCUT2D eigenvalue weighted by atomic mass is 9.78. The summed E-state index contributed by atoms with van der Waals surface area (Å²) < 4.78 is 5.22. The summed E-state index contributed by atoms with van der Waals surface area (Å²) in [5.41, 5.74) is 0. The van der Waals surface area contributed by atoms with E-state index in [0.717, 1.165) is 11.8 Å². The SMILES string of the molecule is CCOCC(O)CNC1CCCCC1C(C)C. The standard InChI is InChI=1S/C14H29NO2/c1-4-17-10-12(16)9-15-14-8-6-5-7-13(14)11(2)3/h11-16H,4-10H2,1-3H3. The average molecular weight is 243 g/mol. The van der Waals surface area contributed by atoms with Crippen LogP contribution < -0.4 is 5.32 Å². The summed E-state index contributed by atoms with van der Waals surface area (Å²) >= 11 is 0. The van der Waals surface area contributed by atoms with Gasteiger partial charge in [-0.25, -0.2) is 0 Å². The minimum atomic E-state index is -0.371. The van der Waals surface area contributed by atoms with Crippen LogP contribution in [-0.2, 0) is 4.74 Å². The molecule has 0 aromatic carbocycles. The van der Waals surface area contributed by atoms with Gasteiger partial charge in [0.2, 0.25) is 0 Å². The van der Waals surface area contributed by atoms with Crippen molar-refractivity contribution in [2.45, 2.75) is 58.6 Å². The maximum atomic E-state index is 9.75. The molecule has 0 aliphatic heterocycles. The fraction of sp³-hybridized carbons (Fsp3) is 1.00. The molecule has 3 unspecified atom stereocenters. The van der Waals surface area contributed by atoms with Crippen LogP contribution >= 0.6 is 0 Å². The van der Waals surface area contributed by atoms with E-state index in [-0.39, 0.29) is 6.10 Å². The first-order valence-corrected chi connectivity index (χ1v) is 7.14. The van der Waals surface area contributed by atoms with Crippen molar-refractivity contribution in [1.82, 2.24) is 5.32 Å². The maximum absolute atomic E-state index is 9.75. The van der Waals surface area contributed by atoms with Crippen LogP contribution in [0.3, 0.4) is 0 Å². The molecule has 0 bridgehead atoms. The normalized spacial score (nSPS) is 27.4. The van der Waals surface area contributed by atoms with Crippen molar-refractivity contribution in [2.24, 2.45) is 11.8 Å². The third-order valence-corrected chi connectivity index (χ3v) is 3.81. The fourth-order valence-electron chi connectivity index (χ4n) is 2.81. The molecule has 0 saturated heterocycles. The lowest BCUT2D eigenvalue weighted by Gasteiger charge is -2.35. The van der Waals surface area contributed by atoms with Gasteiger partial charge in [-0.05, 0) is 31.6 Å². The van der Waals surface area contributed by atoms with Gasteiger partial charge in [0, 0.05) is 19.2 Å². The maximum Gasteiger partial charge on any atom is 0.0897 e. The second-order valence-corrected chi connectivity index (χ2v) is 5.52. The molecule has 3 nitrogen and oxygen atoms in total. The highest BCUT2D eigenvalue weighted by Gasteiger charge is 2.27. The molecule has 0 spiro atoms. The molecule has 0 aromatic heterocycles. The Morgan fingerprint density at radius 2 is 2.00 bits per heavy atom. The predicted molar refractivity (Wildman–Crippen MR) is 71.1 cm³/mol. The first-order valence-electron chi connectivity index (χ1n) is 7.14. The summed E-state index contributed by atoms with van der Waals surface area (Å²) in [5.74, 6) is 1.50. The van der Waals surface area contributed by atoms with Gasteiger partial charge in [0.05, 0.1) is 12.7 Å². The van der Waals surface area contributed by atoms with Crippen molar-refractivity contribution in [3.8, 4) is 0 Å². The number of nitrogens with one attached hydrogen (secondary N) is 1. The molecule has 1 saturated carbocycles. The quantitative estimate of drug-likeness (QED) is 0.720. The van der Waals surface area contributed by atoms with Crippen LogP contribution in [0.15, 0.2) is 0 Å². The van der Waals surface area contributed by atoms with Crippen LogP contribution in [0, 0.1) is 11.8 Å². The number of rotatable bonds is 7. The first kappa shape index (κ1) is 14.9. The monoisotopic (exact) mass is 243 g/mol. The Labute approximate surface area is 106 Å². The molecule has 1 aliphatic rings. The van der Waals surface area contributed by atoms with E-state index in [0.29, 0.717) is 25.8 Å². The second-order valence-electron chi connectivity index (χ2n) is 5.52. The molecule has 0 amide bonds. The third kappa shape index (κ3) is 5.36. The molecule has 17 heavy (non-hydrogen) atoms. The van der Waals surface area contributed by atoms with Gasteiger partial charge in [-0.3, -0.25) is 0 Å². The number of aliphatic hydroxyl groups is 1. The van der Waals surface area contributed by atoms with Crippen molar-refractivity contribution in [1.29, 1.82) is 0 Å². The Balaban J connectivity index is 2.27. The Morgan fingerprint density at radius 1 is 1.29 bits per heavy atom. The molecular weight excluding hydrogens is 214 g/mol. The van der Waals surface area contributed by atoms with Crippen molar-refractivity contribution >= 4 is 0 Å². The highest BCUT2D eigenvalue weighted by molar-refractivity contribution is 4.83. The van der Waals surface area contributed by atoms with E-state index in [1.807, 2.05) is 6.92 Å². The third-order valence-electron chi connectivity index (χ3n) is 3.81. The summed E-state index contributed by atoms with van der Waals surface area (Å²) in [6.45, 7) is 8.35. The topological polar surface area (TPSA) is 41.5 Å². The Morgan fingerprint density at radius 3 is 2.65 bits per heavy atom. The Kier molecular flexibility index (Phi) is 7.09. The summed E-state index contributed by atoms with van der Waals surface area (Å²) in [6.07, 6.45) is 4.90. The molecule has 0 heterocycles. The van der Waals surface area contributed by atoms with Gasteiger partial charge in [0.15, 0.2) is 0 Å². The van der Waals surface area contributed by atoms with Gasteiger partial charge in [0.25, 0.3) is 0 Å². The molecule has 102 valence electrons. The van der Waals surface area contributed by atoms with Gasteiger partial charge < -0.3 is 15.2 Å². The predicted octanol–water partition coefficient (Wildman–Crippen LogP) is 2.19. The minimum Gasteiger partial charge on any atom is -0.389 e. The zero-order valence-corrected chi connectivity index (χ0v) is 11.6. The number of hydrogen-bond donors (Lipinski definition) is 2. The molecule has 1 aliphatic carbocycles. The lowest BCUT2D eigenvalue weighted by molar-refractivity contribution is 0.0381. The van der Waals surface area contributed by atoms with Gasteiger partial charge in [0.1, 0.15) is 0 Å². The van der Waals surface area contributed by atoms with Crippen LogP contribution in [0.1, 0.15) is 46.5 Å². The average Bonchev–Trinajstić information content (AvgIpc) is 2.34. The molecular formula is C14H29NO2. The number of ether oxygens (including phenoxy) is 1. The van der Waals surface area contributed by atoms with Gasteiger partial charge >= 0.3 is 0 Å². The van der Waals surface area contributed by atoms with E-state index in [2.05, 4.69) is 19.2 Å². The summed E-state index contributed by atoms with van der Waals surface area (Å²) in [6, 6.07) is 0.583. The van der Waals surface area contributed by atoms with Crippen molar-refractivity contribution in [2.75, 3.05) is 19.8 Å². The van der Waals surface area contributed by atoms with Gasteiger partial charge in [-0.2, -0.15) is 0 Å². The number of aliphatic hydroxyl groups excluding tert-OH is 1. The Hall–Kier alpha value is -0.120. The van der Waals surface area contributed by atoms with Gasteiger partial charge in [-0.1, -0.05) is 26.7 Å². The molecule has 1 fully saturated rings. The van der Waals surface area contributed by atoms with Gasteiger partial charge in [-0.15, -0.1) is 0 Å². The van der Waals surface area contributed by atoms with Crippen molar-refractivity contribution < 1.29 is 9.84 Å². The fourth-order valence-corrected chi connectivity index (χ4v) is 2.81. The smallest absolute Gasteiger partial charge is 0.0897 e. The molecule has 0 radical (unpaired) electrons. The van der Waals surface area contributed by atoms with E-state index in [1.54, 1.807) is 0 Å². The van der Waals surface area contributed by atoms with E-state index in [4.69, 9.17) is 4.74 Å². The first-order chi connectivity index (χ1) is 8.15. The Bertz CT molecular complexity index is 197. The molecule has 3 heteroatoms.